The van der Waals surface area contributed by atoms with E-state index in [4.69, 9.17) is 0 Å². The Morgan fingerprint density at radius 1 is 1.62 bits per heavy atom. The van der Waals surface area contributed by atoms with Gasteiger partial charge in [-0.2, -0.15) is 0 Å². The molecule has 0 aliphatic heterocycles. The van der Waals surface area contributed by atoms with Gasteiger partial charge in [0.1, 0.15) is 5.60 Å². The first-order valence-electron chi connectivity index (χ1n) is 4.36. The number of hydrogen-bond acceptors (Lipinski definition) is 3. The fourth-order valence-corrected chi connectivity index (χ4v) is 1.47. The van der Waals surface area contributed by atoms with Gasteiger partial charge in [0.25, 0.3) is 0 Å². The Bertz CT molecular complexity index is 284. The van der Waals surface area contributed by atoms with Gasteiger partial charge in [0.15, 0.2) is 0 Å². The van der Waals surface area contributed by atoms with Crippen molar-refractivity contribution in [2.24, 2.45) is 0 Å². The summed E-state index contributed by atoms with van der Waals surface area (Å²) in [7, 11) is 1.82. The van der Waals surface area contributed by atoms with Gasteiger partial charge in [-0.1, -0.05) is 0 Å². The molecule has 1 rings (SSSR count). The first kappa shape index (κ1) is 10.2. The van der Waals surface area contributed by atoms with Crippen LogP contribution in [-0.4, -0.2) is 23.7 Å². The van der Waals surface area contributed by atoms with Gasteiger partial charge in [-0.3, -0.25) is 4.98 Å². The van der Waals surface area contributed by atoms with Crippen molar-refractivity contribution in [1.82, 2.24) is 10.3 Å². The van der Waals surface area contributed by atoms with Crippen molar-refractivity contribution in [3.05, 3.63) is 29.6 Å². The van der Waals surface area contributed by atoms with E-state index in [-0.39, 0.29) is 0 Å². The predicted molar refractivity (Wildman–Crippen MR) is 52.5 cm³/mol. The number of likely N-dealkylation sites (N-methyl/N-ethyl adjacent to an activating group) is 1. The normalized spacial score (nSPS) is 15.4. The van der Waals surface area contributed by atoms with E-state index < -0.39 is 5.60 Å². The van der Waals surface area contributed by atoms with E-state index >= 15 is 0 Å². The maximum atomic E-state index is 10.1. The zero-order valence-electron chi connectivity index (χ0n) is 8.33. The second kappa shape index (κ2) is 3.85. The van der Waals surface area contributed by atoms with Crippen molar-refractivity contribution in [3.63, 3.8) is 0 Å². The largest absolute Gasteiger partial charge is 0.384 e. The highest BCUT2D eigenvalue weighted by Gasteiger charge is 2.23. The van der Waals surface area contributed by atoms with Crippen LogP contribution in [-0.2, 0) is 5.60 Å². The maximum absolute atomic E-state index is 10.1. The zero-order chi connectivity index (χ0) is 9.90. The van der Waals surface area contributed by atoms with Crippen molar-refractivity contribution in [1.29, 1.82) is 0 Å². The number of aliphatic hydroxyl groups is 1. The summed E-state index contributed by atoms with van der Waals surface area (Å²) in [5.41, 5.74) is 1.10. The summed E-state index contributed by atoms with van der Waals surface area (Å²) in [6, 6.07) is 1.90. The topological polar surface area (TPSA) is 45.1 Å². The molecule has 0 aliphatic carbocycles. The van der Waals surface area contributed by atoms with E-state index in [1.54, 1.807) is 19.3 Å². The molecule has 1 heterocycles. The molecule has 1 aromatic heterocycles. The Morgan fingerprint density at radius 2 is 2.31 bits per heavy atom. The van der Waals surface area contributed by atoms with Crippen molar-refractivity contribution >= 4 is 0 Å². The molecule has 0 saturated heterocycles. The van der Waals surface area contributed by atoms with Crippen LogP contribution < -0.4 is 5.32 Å². The van der Waals surface area contributed by atoms with Gasteiger partial charge in [0.05, 0.1) is 0 Å². The van der Waals surface area contributed by atoms with Crippen molar-refractivity contribution in [2.75, 3.05) is 13.6 Å². The molecule has 72 valence electrons. The maximum Gasteiger partial charge on any atom is 0.101 e. The summed E-state index contributed by atoms with van der Waals surface area (Å²) in [5.74, 6) is 0. The number of pyridine rings is 1. The Hall–Kier alpha value is -0.930. The van der Waals surface area contributed by atoms with Crippen LogP contribution in [0.2, 0.25) is 0 Å². The van der Waals surface area contributed by atoms with Crippen molar-refractivity contribution in [2.45, 2.75) is 19.4 Å². The number of aryl methyl sites for hydroxylation is 1. The van der Waals surface area contributed by atoms with Crippen molar-refractivity contribution in [3.8, 4) is 0 Å². The number of hydrogen-bond donors (Lipinski definition) is 2. The molecule has 0 aliphatic rings. The second-order valence-corrected chi connectivity index (χ2v) is 3.49. The minimum atomic E-state index is -0.840. The van der Waals surface area contributed by atoms with E-state index in [0.29, 0.717) is 6.54 Å². The van der Waals surface area contributed by atoms with E-state index in [1.807, 2.05) is 20.0 Å². The zero-order valence-corrected chi connectivity index (χ0v) is 8.33. The van der Waals surface area contributed by atoms with Crippen LogP contribution in [0.25, 0.3) is 0 Å². The highest BCUT2D eigenvalue weighted by Crippen LogP contribution is 2.21. The molecule has 0 amide bonds. The molecular formula is C10H16N2O. The van der Waals surface area contributed by atoms with Gasteiger partial charge in [0, 0.05) is 24.5 Å². The molecule has 0 radical (unpaired) electrons. The lowest BCUT2D eigenvalue weighted by Crippen LogP contribution is -2.34. The molecule has 0 spiro atoms. The summed E-state index contributed by atoms with van der Waals surface area (Å²) in [6.07, 6.45) is 3.45. The molecule has 3 nitrogen and oxygen atoms in total. The van der Waals surface area contributed by atoms with Crippen LogP contribution in [0, 0.1) is 6.92 Å². The standard InChI is InChI=1S/C10H16N2O/c1-8-4-5-12-6-9(8)10(2,13)7-11-3/h4-6,11,13H,7H2,1-3H3. The summed E-state index contributed by atoms with van der Waals surface area (Å²) in [4.78, 5) is 4.01. The van der Waals surface area contributed by atoms with Crippen LogP contribution in [0.4, 0.5) is 0 Å². The number of nitrogens with one attached hydrogen (secondary N) is 1. The average Bonchev–Trinajstić information content (AvgIpc) is 2.04. The van der Waals surface area contributed by atoms with Crippen LogP contribution in [0.5, 0.6) is 0 Å². The highest BCUT2D eigenvalue weighted by atomic mass is 16.3. The number of rotatable bonds is 3. The van der Waals surface area contributed by atoms with Gasteiger partial charge < -0.3 is 10.4 Å². The molecule has 1 unspecified atom stereocenters. The van der Waals surface area contributed by atoms with Gasteiger partial charge >= 0.3 is 0 Å². The summed E-state index contributed by atoms with van der Waals surface area (Å²) < 4.78 is 0. The Labute approximate surface area is 78.8 Å². The summed E-state index contributed by atoms with van der Waals surface area (Å²) in [6.45, 7) is 4.29. The molecule has 0 saturated carbocycles. The fourth-order valence-electron chi connectivity index (χ4n) is 1.47. The van der Waals surface area contributed by atoms with Crippen LogP contribution in [0.3, 0.4) is 0 Å². The lowest BCUT2D eigenvalue weighted by atomic mass is 9.94. The molecule has 0 bridgehead atoms. The molecular weight excluding hydrogens is 164 g/mol. The molecule has 1 aromatic rings. The average molecular weight is 180 g/mol. The van der Waals surface area contributed by atoms with Gasteiger partial charge in [-0.05, 0) is 32.5 Å². The number of nitrogens with zero attached hydrogens (tertiary/aromatic N) is 1. The molecule has 3 heteroatoms. The highest BCUT2D eigenvalue weighted by molar-refractivity contribution is 5.27. The Balaban J connectivity index is 2.99. The minimum Gasteiger partial charge on any atom is -0.384 e. The third-order valence-corrected chi connectivity index (χ3v) is 2.14. The van der Waals surface area contributed by atoms with Crippen molar-refractivity contribution < 1.29 is 5.11 Å². The van der Waals surface area contributed by atoms with Gasteiger partial charge in [-0.15, -0.1) is 0 Å². The third-order valence-electron chi connectivity index (χ3n) is 2.14. The second-order valence-electron chi connectivity index (χ2n) is 3.49. The monoisotopic (exact) mass is 180 g/mol. The molecule has 2 N–H and O–H groups in total. The lowest BCUT2D eigenvalue weighted by Gasteiger charge is -2.24. The smallest absolute Gasteiger partial charge is 0.101 e. The fraction of sp³-hybridized carbons (Fsp3) is 0.500. The van der Waals surface area contributed by atoms with Crippen LogP contribution in [0.15, 0.2) is 18.5 Å². The molecule has 1 atom stereocenters. The first-order chi connectivity index (χ1) is 6.08. The Morgan fingerprint density at radius 3 is 2.85 bits per heavy atom. The lowest BCUT2D eigenvalue weighted by molar-refractivity contribution is 0.0582. The number of aromatic nitrogens is 1. The summed E-state index contributed by atoms with van der Waals surface area (Å²) >= 11 is 0. The van der Waals surface area contributed by atoms with E-state index in [9.17, 15) is 5.11 Å². The van der Waals surface area contributed by atoms with E-state index in [0.717, 1.165) is 11.1 Å². The van der Waals surface area contributed by atoms with Gasteiger partial charge in [-0.25, -0.2) is 0 Å². The van der Waals surface area contributed by atoms with E-state index in [1.165, 1.54) is 0 Å². The molecule has 0 fully saturated rings. The quantitative estimate of drug-likeness (QED) is 0.723. The first-order valence-corrected chi connectivity index (χ1v) is 4.36. The predicted octanol–water partition coefficient (Wildman–Crippen LogP) is 0.817. The minimum absolute atomic E-state index is 0.527. The summed E-state index contributed by atoms with van der Waals surface area (Å²) in [5, 5.41) is 13.0. The SMILES string of the molecule is CNCC(C)(O)c1cnccc1C. The third kappa shape index (κ3) is 2.26. The van der Waals surface area contributed by atoms with Gasteiger partial charge in [0.2, 0.25) is 0 Å². The van der Waals surface area contributed by atoms with Crippen LogP contribution in [0.1, 0.15) is 18.1 Å². The van der Waals surface area contributed by atoms with E-state index in [2.05, 4.69) is 10.3 Å². The molecule has 13 heavy (non-hydrogen) atoms. The molecule has 0 aromatic carbocycles. The van der Waals surface area contributed by atoms with Crippen LogP contribution >= 0.6 is 0 Å². The Kier molecular flexibility index (Phi) is 3.01.